The molecule has 3 N–H and O–H groups in total. The van der Waals surface area contributed by atoms with E-state index in [0.29, 0.717) is 24.6 Å². The molecule has 25 heavy (non-hydrogen) atoms. The molecule has 2 rings (SSSR count). The number of thiocarbonyl (C=S) groups is 1. The maximum absolute atomic E-state index is 12.8. The Kier molecular flexibility index (Phi) is 7.54. The Morgan fingerprint density at radius 2 is 1.88 bits per heavy atom. The predicted molar refractivity (Wildman–Crippen MR) is 98.2 cm³/mol. The summed E-state index contributed by atoms with van der Waals surface area (Å²) in [5.41, 5.74) is 6.15. The number of ether oxygens (including phenoxy) is 1. The summed E-state index contributed by atoms with van der Waals surface area (Å²) in [5.74, 6) is -0.404. The van der Waals surface area contributed by atoms with Crippen LogP contribution >= 0.6 is 12.2 Å². The summed E-state index contributed by atoms with van der Waals surface area (Å²) in [6, 6.07) is 6.13. The molecule has 0 aliphatic carbocycles. The summed E-state index contributed by atoms with van der Waals surface area (Å²) < 4.78 is 18.5. The highest BCUT2D eigenvalue weighted by molar-refractivity contribution is 7.80. The van der Waals surface area contributed by atoms with Gasteiger partial charge in [-0.05, 0) is 43.8 Å². The normalized spacial score (nSPS) is 20.8. The topological polar surface area (TPSA) is 65.6 Å². The molecular weight excluding hydrogens is 343 g/mol. The molecule has 138 valence electrons. The molecule has 1 amide bonds. The van der Waals surface area contributed by atoms with E-state index in [1.165, 1.54) is 12.1 Å². The Morgan fingerprint density at radius 1 is 1.24 bits per heavy atom. The number of amides is 1. The van der Waals surface area contributed by atoms with Gasteiger partial charge in [0.25, 0.3) is 0 Å². The number of hydrogen-bond acceptors (Lipinski definition) is 4. The molecule has 1 aliphatic heterocycles. The van der Waals surface area contributed by atoms with Gasteiger partial charge in [-0.3, -0.25) is 20.5 Å². The van der Waals surface area contributed by atoms with Gasteiger partial charge in [-0.25, -0.2) is 4.39 Å². The van der Waals surface area contributed by atoms with Crippen molar-refractivity contribution in [3.05, 3.63) is 35.6 Å². The first-order valence-electron chi connectivity index (χ1n) is 8.37. The van der Waals surface area contributed by atoms with Crippen LogP contribution in [0.5, 0.6) is 0 Å². The van der Waals surface area contributed by atoms with Crippen molar-refractivity contribution < 1.29 is 13.9 Å². The van der Waals surface area contributed by atoms with Crippen molar-refractivity contribution in [2.45, 2.75) is 39.0 Å². The van der Waals surface area contributed by atoms with Crippen molar-refractivity contribution in [1.82, 2.24) is 21.1 Å². The van der Waals surface area contributed by atoms with Gasteiger partial charge >= 0.3 is 0 Å². The highest BCUT2D eigenvalue weighted by Gasteiger charge is 2.22. The van der Waals surface area contributed by atoms with E-state index < -0.39 is 0 Å². The van der Waals surface area contributed by atoms with E-state index in [0.717, 1.165) is 18.7 Å². The molecule has 1 fully saturated rings. The predicted octanol–water partition coefficient (Wildman–Crippen LogP) is 1.32. The summed E-state index contributed by atoms with van der Waals surface area (Å²) in [5, 5.41) is 3.26. The van der Waals surface area contributed by atoms with Crippen molar-refractivity contribution in [2.24, 2.45) is 0 Å². The van der Waals surface area contributed by atoms with E-state index in [2.05, 4.69) is 21.1 Å². The number of nitrogens with zero attached hydrogens (tertiary/aromatic N) is 1. The molecule has 1 aliphatic rings. The SMILES string of the molecule is C[C@@H]1CN(CCC(=O)NNC(=S)NCc2ccc(F)cc2)C[C@H](C)O1. The summed E-state index contributed by atoms with van der Waals surface area (Å²) >= 11 is 5.10. The maximum atomic E-state index is 12.8. The number of hydrazine groups is 1. The first kappa shape index (κ1) is 19.6. The number of halogens is 1. The molecule has 0 unspecified atom stereocenters. The summed E-state index contributed by atoms with van der Waals surface area (Å²) in [4.78, 5) is 14.1. The molecule has 0 radical (unpaired) electrons. The molecule has 1 saturated heterocycles. The fourth-order valence-corrected chi connectivity index (χ4v) is 2.87. The lowest BCUT2D eigenvalue weighted by molar-refractivity contribution is -0.123. The van der Waals surface area contributed by atoms with E-state index in [1.807, 2.05) is 13.8 Å². The molecular formula is C17H25FN4O2S. The van der Waals surface area contributed by atoms with Gasteiger partial charge in [0, 0.05) is 32.6 Å². The Hall–Kier alpha value is -1.77. The second-order valence-electron chi connectivity index (χ2n) is 6.25. The molecule has 1 heterocycles. The van der Waals surface area contributed by atoms with Gasteiger partial charge in [0.15, 0.2) is 5.11 Å². The van der Waals surface area contributed by atoms with Crippen molar-refractivity contribution >= 4 is 23.2 Å². The van der Waals surface area contributed by atoms with Crippen molar-refractivity contribution in [3.63, 3.8) is 0 Å². The lowest BCUT2D eigenvalue weighted by Gasteiger charge is -2.35. The number of hydrogen-bond donors (Lipinski definition) is 3. The minimum absolute atomic E-state index is 0.127. The lowest BCUT2D eigenvalue weighted by atomic mass is 10.2. The van der Waals surface area contributed by atoms with Crippen LogP contribution in [-0.2, 0) is 16.1 Å². The van der Waals surface area contributed by atoms with Gasteiger partial charge in [0.05, 0.1) is 12.2 Å². The Morgan fingerprint density at radius 3 is 2.52 bits per heavy atom. The van der Waals surface area contributed by atoms with Crippen LogP contribution in [0.2, 0.25) is 0 Å². The number of morpholine rings is 1. The molecule has 1 aromatic rings. The molecule has 0 saturated carbocycles. The first-order chi connectivity index (χ1) is 11.9. The van der Waals surface area contributed by atoms with E-state index in [9.17, 15) is 9.18 Å². The van der Waals surface area contributed by atoms with Crippen molar-refractivity contribution in [3.8, 4) is 0 Å². The summed E-state index contributed by atoms with van der Waals surface area (Å²) in [6.07, 6.45) is 0.758. The van der Waals surface area contributed by atoms with Crippen LogP contribution < -0.4 is 16.2 Å². The molecule has 1 aromatic carbocycles. The number of rotatable bonds is 5. The van der Waals surface area contributed by atoms with E-state index in [1.54, 1.807) is 12.1 Å². The van der Waals surface area contributed by atoms with Crippen LogP contribution in [0.1, 0.15) is 25.8 Å². The lowest BCUT2D eigenvalue weighted by Crippen LogP contribution is -2.49. The number of carbonyl (C=O) groups is 1. The third-order valence-corrected chi connectivity index (χ3v) is 4.08. The van der Waals surface area contributed by atoms with Gasteiger partial charge in [-0.1, -0.05) is 12.1 Å². The van der Waals surface area contributed by atoms with Crippen LogP contribution in [0.4, 0.5) is 4.39 Å². The van der Waals surface area contributed by atoms with E-state index in [-0.39, 0.29) is 23.9 Å². The molecule has 6 nitrogen and oxygen atoms in total. The van der Waals surface area contributed by atoms with Crippen LogP contribution in [0.3, 0.4) is 0 Å². The second-order valence-corrected chi connectivity index (χ2v) is 6.66. The van der Waals surface area contributed by atoms with E-state index in [4.69, 9.17) is 17.0 Å². The quantitative estimate of drug-likeness (QED) is 0.538. The molecule has 0 aromatic heterocycles. The Bertz CT molecular complexity index is 575. The third-order valence-electron chi connectivity index (χ3n) is 3.83. The standard InChI is InChI=1S/C17H25FN4O2S/c1-12-10-22(11-13(2)24-12)8-7-16(23)20-21-17(25)19-9-14-3-5-15(18)6-4-14/h3-6,12-13H,7-11H2,1-2H3,(H,20,23)(H2,19,21,25)/t12-,13+. The van der Waals surface area contributed by atoms with Crippen molar-refractivity contribution in [1.29, 1.82) is 0 Å². The molecule has 8 heteroatoms. The zero-order valence-electron chi connectivity index (χ0n) is 14.5. The highest BCUT2D eigenvalue weighted by Crippen LogP contribution is 2.10. The second kappa shape index (κ2) is 9.65. The fourth-order valence-electron chi connectivity index (χ4n) is 2.74. The average molecular weight is 368 g/mol. The number of nitrogens with one attached hydrogen (secondary N) is 3. The highest BCUT2D eigenvalue weighted by atomic mass is 32.1. The summed E-state index contributed by atoms with van der Waals surface area (Å²) in [7, 11) is 0. The zero-order chi connectivity index (χ0) is 18.2. The van der Waals surface area contributed by atoms with Gasteiger partial charge in [0.2, 0.25) is 5.91 Å². The van der Waals surface area contributed by atoms with Crippen LogP contribution in [0.25, 0.3) is 0 Å². The smallest absolute Gasteiger partial charge is 0.239 e. The summed E-state index contributed by atoms with van der Waals surface area (Å²) in [6.45, 7) is 6.88. The first-order valence-corrected chi connectivity index (χ1v) is 8.78. The van der Waals surface area contributed by atoms with Gasteiger partial charge in [-0.15, -0.1) is 0 Å². The van der Waals surface area contributed by atoms with Gasteiger partial charge in [0.1, 0.15) is 5.82 Å². The van der Waals surface area contributed by atoms with Crippen LogP contribution in [0.15, 0.2) is 24.3 Å². The zero-order valence-corrected chi connectivity index (χ0v) is 15.4. The van der Waals surface area contributed by atoms with E-state index >= 15 is 0 Å². The average Bonchev–Trinajstić information content (AvgIpc) is 2.57. The van der Waals surface area contributed by atoms with Crippen LogP contribution in [0, 0.1) is 5.82 Å². The third kappa shape index (κ3) is 7.33. The largest absolute Gasteiger partial charge is 0.373 e. The molecule has 0 spiro atoms. The Balaban J connectivity index is 1.60. The Labute approximate surface area is 153 Å². The molecule has 2 atom stereocenters. The van der Waals surface area contributed by atoms with Crippen molar-refractivity contribution in [2.75, 3.05) is 19.6 Å². The fraction of sp³-hybridized carbons (Fsp3) is 0.529. The maximum Gasteiger partial charge on any atom is 0.239 e. The van der Waals surface area contributed by atoms with Gasteiger partial charge in [-0.2, -0.15) is 0 Å². The monoisotopic (exact) mass is 368 g/mol. The minimum Gasteiger partial charge on any atom is -0.373 e. The minimum atomic E-state index is -0.277. The van der Waals surface area contributed by atoms with Gasteiger partial charge < -0.3 is 10.1 Å². The van der Waals surface area contributed by atoms with Crippen LogP contribution in [-0.4, -0.2) is 47.8 Å². The number of carbonyl (C=O) groups excluding carboxylic acids is 1. The number of benzene rings is 1. The molecule has 0 bridgehead atoms.